The number of sulfonamides is 1. The molecule has 1 fully saturated rings. The minimum absolute atomic E-state index is 0.0799. The summed E-state index contributed by atoms with van der Waals surface area (Å²) in [5.74, 6) is -1.13. The van der Waals surface area contributed by atoms with Crippen molar-refractivity contribution in [1.29, 1.82) is 0 Å². The normalized spacial score (nSPS) is 18.1. The number of hydrogen-bond acceptors (Lipinski definition) is 4. The highest BCUT2D eigenvalue weighted by molar-refractivity contribution is 7.88. The van der Waals surface area contributed by atoms with E-state index in [-0.39, 0.29) is 17.4 Å². The molecule has 0 spiro atoms. The molecule has 0 unspecified atom stereocenters. The largest absolute Gasteiger partial charge is 0.478 e. The zero-order valence-corrected chi connectivity index (χ0v) is 11.8. The molecule has 1 aromatic rings. The predicted molar refractivity (Wildman–Crippen MR) is 74.8 cm³/mol. The van der Waals surface area contributed by atoms with Gasteiger partial charge < -0.3 is 10.8 Å². The van der Waals surface area contributed by atoms with Gasteiger partial charge in [-0.3, -0.25) is 0 Å². The molecule has 6 nitrogen and oxygen atoms in total. The van der Waals surface area contributed by atoms with Crippen LogP contribution < -0.4 is 5.73 Å². The van der Waals surface area contributed by atoms with E-state index >= 15 is 0 Å². The van der Waals surface area contributed by atoms with E-state index in [9.17, 15) is 13.2 Å². The first-order valence-electron chi connectivity index (χ1n) is 6.44. The second kappa shape index (κ2) is 5.90. The molecule has 3 N–H and O–H groups in total. The van der Waals surface area contributed by atoms with Crippen molar-refractivity contribution in [2.75, 3.05) is 13.1 Å². The summed E-state index contributed by atoms with van der Waals surface area (Å²) in [5.41, 5.74) is 6.50. The first kappa shape index (κ1) is 15.0. The molecule has 20 heavy (non-hydrogen) atoms. The maximum Gasteiger partial charge on any atom is 0.335 e. The molecule has 0 radical (unpaired) electrons. The number of carboxylic acid groups (broad SMARTS) is 1. The van der Waals surface area contributed by atoms with Crippen molar-refractivity contribution in [2.45, 2.75) is 24.6 Å². The van der Waals surface area contributed by atoms with Crippen molar-refractivity contribution in [2.24, 2.45) is 5.73 Å². The van der Waals surface area contributed by atoms with Gasteiger partial charge >= 0.3 is 5.97 Å². The standard InChI is InChI=1S/C13H18N2O4S/c14-12-5-7-15(8-6-12)20(18,19)9-10-1-3-11(4-2-10)13(16)17/h1-4,12H,5-9,14H2,(H,16,17). The summed E-state index contributed by atoms with van der Waals surface area (Å²) in [5, 5.41) is 8.80. The van der Waals surface area contributed by atoms with E-state index in [0.29, 0.717) is 31.5 Å². The molecular weight excluding hydrogens is 280 g/mol. The number of aromatic carboxylic acids is 1. The Labute approximate surface area is 118 Å². The number of rotatable bonds is 4. The van der Waals surface area contributed by atoms with Gasteiger partial charge in [-0.1, -0.05) is 12.1 Å². The maximum absolute atomic E-state index is 12.2. The van der Waals surface area contributed by atoms with Gasteiger partial charge in [-0.2, -0.15) is 0 Å². The van der Waals surface area contributed by atoms with E-state index < -0.39 is 16.0 Å². The van der Waals surface area contributed by atoms with Crippen molar-refractivity contribution < 1.29 is 18.3 Å². The van der Waals surface area contributed by atoms with E-state index in [0.717, 1.165) is 0 Å². The summed E-state index contributed by atoms with van der Waals surface area (Å²) in [6.07, 6.45) is 1.36. The fourth-order valence-electron chi connectivity index (χ4n) is 2.20. The second-order valence-corrected chi connectivity index (χ2v) is 6.96. The summed E-state index contributed by atoms with van der Waals surface area (Å²) < 4.78 is 26.0. The van der Waals surface area contributed by atoms with Gasteiger partial charge in [0.1, 0.15) is 0 Å². The molecule has 1 aliphatic heterocycles. The third-order valence-corrected chi connectivity index (χ3v) is 5.29. The minimum Gasteiger partial charge on any atom is -0.478 e. The summed E-state index contributed by atoms with van der Waals surface area (Å²) in [6.45, 7) is 0.910. The zero-order valence-electron chi connectivity index (χ0n) is 11.0. The first-order chi connectivity index (χ1) is 9.38. The van der Waals surface area contributed by atoms with Gasteiger partial charge in [0.05, 0.1) is 11.3 Å². The Balaban J connectivity index is 2.06. The number of carboxylic acids is 1. The van der Waals surface area contributed by atoms with E-state index in [2.05, 4.69) is 0 Å². The van der Waals surface area contributed by atoms with Crippen molar-refractivity contribution >= 4 is 16.0 Å². The fraction of sp³-hybridized carbons (Fsp3) is 0.462. The van der Waals surface area contributed by atoms with Gasteiger partial charge in [0.15, 0.2) is 0 Å². The first-order valence-corrected chi connectivity index (χ1v) is 8.05. The molecule has 110 valence electrons. The molecule has 1 aliphatic rings. The van der Waals surface area contributed by atoms with Crippen LogP contribution in [0.25, 0.3) is 0 Å². The van der Waals surface area contributed by atoms with Crippen LogP contribution in [0.5, 0.6) is 0 Å². The molecule has 0 aliphatic carbocycles. The van der Waals surface area contributed by atoms with Gasteiger partial charge in [-0.05, 0) is 30.5 Å². The van der Waals surface area contributed by atoms with E-state index in [1.165, 1.54) is 28.6 Å². The molecule has 0 saturated carbocycles. The lowest BCUT2D eigenvalue weighted by Crippen LogP contribution is -2.43. The number of carbonyl (C=O) groups is 1. The van der Waals surface area contributed by atoms with E-state index in [4.69, 9.17) is 10.8 Å². The number of hydrogen-bond donors (Lipinski definition) is 2. The monoisotopic (exact) mass is 298 g/mol. The van der Waals surface area contributed by atoms with Gasteiger partial charge in [-0.15, -0.1) is 0 Å². The highest BCUT2D eigenvalue weighted by atomic mass is 32.2. The lowest BCUT2D eigenvalue weighted by atomic mass is 10.1. The topological polar surface area (TPSA) is 101 Å². The summed E-state index contributed by atoms with van der Waals surface area (Å²) in [4.78, 5) is 10.7. The molecule has 1 heterocycles. The van der Waals surface area contributed by atoms with Crippen molar-refractivity contribution in [3.63, 3.8) is 0 Å². The average molecular weight is 298 g/mol. The Kier molecular flexibility index (Phi) is 4.42. The summed E-state index contributed by atoms with van der Waals surface area (Å²) >= 11 is 0. The third-order valence-electron chi connectivity index (χ3n) is 3.44. The lowest BCUT2D eigenvalue weighted by Gasteiger charge is -2.29. The maximum atomic E-state index is 12.2. The smallest absolute Gasteiger partial charge is 0.335 e. The third kappa shape index (κ3) is 3.56. The SMILES string of the molecule is NC1CCN(S(=O)(=O)Cc2ccc(C(=O)O)cc2)CC1. The highest BCUT2D eigenvalue weighted by Gasteiger charge is 2.26. The van der Waals surface area contributed by atoms with Gasteiger partial charge in [0, 0.05) is 19.1 Å². The lowest BCUT2D eigenvalue weighted by molar-refractivity contribution is 0.0697. The molecule has 7 heteroatoms. The van der Waals surface area contributed by atoms with Crippen molar-refractivity contribution in [1.82, 2.24) is 4.31 Å². The summed E-state index contributed by atoms with van der Waals surface area (Å²) in [6, 6.07) is 5.99. The van der Waals surface area contributed by atoms with Gasteiger partial charge in [0.2, 0.25) is 10.0 Å². The molecule has 1 saturated heterocycles. The molecule has 0 bridgehead atoms. The molecule has 0 amide bonds. The molecular formula is C13H18N2O4S. The fourth-order valence-corrected chi connectivity index (χ4v) is 3.76. The van der Waals surface area contributed by atoms with Crippen LogP contribution in [-0.2, 0) is 15.8 Å². The quantitative estimate of drug-likeness (QED) is 0.849. The molecule has 1 aromatic carbocycles. The Hall–Kier alpha value is -1.44. The Bertz CT molecular complexity index is 575. The Morgan fingerprint density at radius 1 is 1.25 bits per heavy atom. The van der Waals surface area contributed by atoms with Crippen LogP contribution in [0.15, 0.2) is 24.3 Å². The summed E-state index contributed by atoms with van der Waals surface area (Å²) in [7, 11) is -3.36. The Morgan fingerprint density at radius 2 is 1.80 bits per heavy atom. The van der Waals surface area contributed by atoms with Crippen molar-refractivity contribution in [3.8, 4) is 0 Å². The molecule has 0 atom stereocenters. The second-order valence-electron chi connectivity index (χ2n) is 4.99. The van der Waals surface area contributed by atoms with E-state index in [1.807, 2.05) is 0 Å². The zero-order chi connectivity index (χ0) is 14.8. The van der Waals surface area contributed by atoms with Crippen LogP contribution in [0.4, 0.5) is 0 Å². The van der Waals surface area contributed by atoms with E-state index in [1.54, 1.807) is 0 Å². The van der Waals surface area contributed by atoms with Crippen LogP contribution in [0.1, 0.15) is 28.8 Å². The van der Waals surface area contributed by atoms with Gasteiger partial charge in [-0.25, -0.2) is 17.5 Å². The van der Waals surface area contributed by atoms with Crippen LogP contribution >= 0.6 is 0 Å². The number of nitrogens with zero attached hydrogens (tertiary/aromatic N) is 1. The van der Waals surface area contributed by atoms with Crippen LogP contribution in [0.3, 0.4) is 0 Å². The number of nitrogens with two attached hydrogens (primary N) is 1. The Morgan fingerprint density at radius 3 is 2.30 bits per heavy atom. The highest BCUT2D eigenvalue weighted by Crippen LogP contribution is 2.17. The van der Waals surface area contributed by atoms with Crippen LogP contribution in [0, 0.1) is 0 Å². The number of piperidine rings is 1. The van der Waals surface area contributed by atoms with Crippen LogP contribution in [-0.4, -0.2) is 42.9 Å². The number of benzene rings is 1. The molecule has 2 rings (SSSR count). The van der Waals surface area contributed by atoms with Crippen LogP contribution in [0.2, 0.25) is 0 Å². The minimum atomic E-state index is -3.36. The van der Waals surface area contributed by atoms with Gasteiger partial charge in [0.25, 0.3) is 0 Å². The predicted octanol–water partition coefficient (Wildman–Crippen LogP) is 0.638. The molecule has 0 aromatic heterocycles. The van der Waals surface area contributed by atoms with Crippen molar-refractivity contribution in [3.05, 3.63) is 35.4 Å². The average Bonchev–Trinajstić information content (AvgIpc) is 2.39.